The number of carbonyl (C=O) groups is 1. The van der Waals surface area contributed by atoms with Crippen molar-refractivity contribution < 1.29 is 9.18 Å². The third-order valence-corrected chi connectivity index (χ3v) is 5.01. The van der Waals surface area contributed by atoms with Gasteiger partial charge in [0.2, 0.25) is 5.95 Å². The Balaban J connectivity index is 1.99. The number of piperidine rings is 1. The normalized spacial score (nSPS) is 18.0. The molecule has 2 heterocycles. The number of aromatic nitrogens is 2. The van der Waals surface area contributed by atoms with E-state index in [1.54, 1.807) is 24.0 Å². The van der Waals surface area contributed by atoms with E-state index in [9.17, 15) is 9.18 Å². The van der Waals surface area contributed by atoms with E-state index in [-0.39, 0.29) is 17.5 Å². The van der Waals surface area contributed by atoms with Crippen LogP contribution in [0.25, 0.3) is 0 Å². The summed E-state index contributed by atoms with van der Waals surface area (Å²) in [6.07, 6.45) is 2.66. The zero-order chi connectivity index (χ0) is 17.4. The molecule has 1 aromatic carbocycles. The Morgan fingerprint density at radius 2 is 2.08 bits per heavy atom. The van der Waals surface area contributed by atoms with Gasteiger partial charge in [-0.25, -0.2) is 4.68 Å². The van der Waals surface area contributed by atoms with Crippen molar-refractivity contribution in [3.8, 4) is 0 Å². The van der Waals surface area contributed by atoms with Gasteiger partial charge in [-0.3, -0.25) is 4.79 Å². The first-order chi connectivity index (χ1) is 11.4. The van der Waals surface area contributed by atoms with E-state index in [1.165, 1.54) is 7.05 Å². The molecule has 0 bridgehead atoms. The average Bonchev–Trinajstić information content (AvgIpc) is 2.79. The lowest BCUT2D eigenvalue weighted by Crippen LogP contribution is -2.39. The smallest absolute Gasteiger partial charge is 0.260 e. The van der Waals surface area contributed by atoms with Gasteiger partial charge in [0.05, 0.1) is 11.7 Å². The van der Waals surface area contributed by atoms with Crippen LogP contribution in [0.3, 0.4) is 0 Å². The van der Waals surface area contributed by atoms with Crippen molar-refractivity contribution in [2.24, 2.45) is 7.05 Å². The molecule has 1 fully saturated rings. The molecule has 2 aromatic rings. The Bertz CT molecular complexity index is 790. The van der Waals surface area contributed by atoms with Crippen LogP contribution in [0.5, 0.6) is 0 Å². The second kappa shape index (κ2) is 6.73. The van der Waals surface area contributed by atoms with Crippen molar-refractivity contribution in [2.45, 2.75) is 32.2 Å². The summed E-state index contributed by atoms with van der Waals surface area (Å²) in [6, 6.07) is 5.09. The molecule has 0 radical (unpaired) electrons. The molecule has 1 aliphatic rings. The maximum Gasteiger partial charge on any atom is 0.260 e. The van der Waals surface area contributed by atoms with Crippen molar-refractivity contribution in [3.05, 3.63) is 51.0 Å². The second-order valence-electron chi connectivity index (χ2n) is 6.05. The molecule has 3 rings (SSSR count). The molecule has 1 atom stereocenters. The van der Waals surface area contributed by atoms with Gasteiger partial charge in [-0.05, 0) is 43.9 Å². The zero-order valence-corrected chi connectivity index (χ0v) is 15.0. The molecular weight excluding hydrogens is 352 g/mol. The predicted molar refractivity (Wildman–Crippen MR) is 92.0 cm³/mol. The number of hydrogen-bond acceptors (Lipinski definition) is 2. The number of amides is 1. The lowest BCUT2D eigenvalue weighted by Gasteiger charge is -2.36. The molecule has 1 aromatic heterocycles. The monoisotopic (exact) mass is 369 g/mol. The Hall–Kier alpha value is -1.59. The van der Waals surface area contributed by atoms with Crippen LogP contribution in [-0.2, 0) is 7.05 Å². The van der Waals surface area contributed by atoms with Crippen molar-refractivity contribution in [3.63, 3.8) is 0 Å². The van der Waals surface area contributed by atoms with E-state index < -0.39 is 5.95 Å². The van der Waals surface area contributed by atoms with Gasteiger partial charge in [0.1, 0.15) is 5.56 Å². The summed E-state index contributed by atoms with van der Waals surface area (Å²) in [7, 11) is 1.49. The molecule has 1 unspecified atom stereocenters. The molecule has 0 spiro atoms. The number of rotatable bonds is 2. The Labute approximate surface area is 150 Å². The fourth-order valence-corrected chi connectivity index (χ4v) is 3.82. The van der Waals surface area contributed by atoms with Crippen LogP contribution >= 0.6 is 23.2 Å². The van der Waals surface area contributed by atoms with E-state index in [2.05, 4.69) is 5.10 Å². The van der Waals surface area contributed by atoms with Crippen LogP contribution in [-0.4, -0.2) is 27.1 Å². The molecular formula is C17H18Cl2FN3O. The minimum atomic E-state index is -0.607. The molecule has 0 aliphatic carbocycles. The van der Waals surface area contributed by atoms with Crippen LogP contribution in [0.15, 0.2) is 18.2 Å². The summed E-state index contributed by atoms with van der Waals surface area (Å²) in [6.45, 7) is 2.21. The first kappa shape index (κ1) is 17.2. The minimum absolute atomic E-state index is 0.0366. The van der Waals surface area contributed by atoms with Gasteiger partial charge in [0.25, 0.3) is 5.91 Å². The van der Waals surface area contributed by atoms with Gasteiger partial charge < -0.3 is 4.90 Å². The maximum absolute atomic E-state index is 14.3. The summed E-state index contributed by atoms with van der Waals surface area (Å²) in [5, 5.41) is 5.08. The first-order valence-corrected chi connectivity index (χ1v) is 8.60. The Kier molecular flexibility index (Phi) is 4.83. The van der Waals surface area contributed by atoms with E-state index in [0.717, 1.165) is 29.5 Å². The molecule has 1 aliphatic heterocycles. The largest absolute Gasteiger partial charge is 0.331 e. The number of nitrogens with zero attached hydrogens (tertiary/aromatic N) is 3. The van der Waals surface area contributed by atoms with Gasteiger partial charge in [0, 0.05) is 23.6 Å². The second-order valence-corrected chi connectivity index (χ2v) is 6.89. The van der Waals surface area contributed by atoms with Crippen molar-refractivity contribution in [2.75, 3.05) is 6.54 Å². The van der Waals surface area contributed by atoms with E-state index in [4.69, 9.17) is 23.2 Å². The highest BCUT2D eigenvalue weighted by Gasteiger charge is 2.33. The van der Waals surface area contributed by atoms with Gasteiger partial charge in [0.15, 0.2) is 0 Å². The number of benzene rings is 1. The van der Waals surface area contributed by atoms with E-state index in [1.807, 2.05) is 6.07 Å². The van der Waals surface area contributed by atoms with Gasteiger partial charge in [-0.2, -0.15) is 9.49 Å². The molecule has 0 N–H and O–H groups in total. The molecule has 1 saturated heterocycles. The van der Waals surface area contributed by atoms with Gasteiger partial charge in [-0.15, -0.1) is 0 Å². The maximum atomic E-state index is 14.3. The SMILES string of the molecule is Cc1nn(C)c(F)c1C(=O)N1CCCCC1c1ccc(Cl)cc1Cl. The van der Waals surface area contributed by atoms with Crippen molar-refractivity contribution in [1.29, 1.82) is 0 Å². The number of carbonyl (C=O) groups excluding carboxylic acids is 1. The molecule has 4 nitrogen and oxygen atoms in total. The fourth-order valence-electron chi connectivity index (χ4n) is 3.29. The third kappa shape index (κ3) is 3.03. The minimum Gasteiger partial charge on any atom is -0.331 e. The molecule has 1 amide bonds. The molecule has 7 heteroatoms. The number of halogens is 3. The molecule has 128 valence electrons. The van der Waals surface area contributed by atoms with Gasteiger partial charge in [-0.1, -0.05) is 29.3 Å². The summed E-state index contributed by atoms with van der Waals surface area (Å²) >= 11 is 12.3. The topological polar surface area (TPSA) is 38.1 Å². The summed E-state index contributed by atoms with van der Waals surface area (Å²) in [5.74, 6) is -0.946. The van der Waals surface area contributed by atoms with Crippen LogP contribution in [0, 0.1) is 12.9 Å². The van der Waals surface area contributed by atoms with Crippen LogP contribution in [0.1, 0.15) is 46.9 Å². The van der Waals surface area contributed by atoms with E-state index >= 15 is 0 Å². The Morgan fingerprint density at radius 1 is 1.33 bits per heavy atom. The average molecular weight is 370 g/mol. The Morgan fingerprint density at radius 3 is 2.71 bits per heavy atom. The predicted octanol–water partition coefficient (Wildman–Crippen LogP) is 4.54. The fraction of sp³-hybridized carbons (Fsp3) is 0.412. The summed E-state index contributed by atoms with van der Waals surface area (Å²) < 4.78 is 15.4. The summed E-state index contributed by atoms with van der Waals surface area (Å²) in [4.78, 5) is 14.7. The number of aryl methyl sites for hydroxylation is 2. The molecule has 24 heavy (non-hydrogen) atoms. The van der Waals surface area contributed by atoms with Gasteiger partial charge >= 0.3 is 0 Å². The lowest BCUT2D eigenvalue weighted by atomic mass is 9.94. The summed E-state index contributed by atoms with van der Waals surface area (Å²) in [5.41, 5.74) is 1.28. The van der Waals surface area contributed by atoms with Crippen LogP contribution < -0.4 is 0 Å². The highest BCUT2D eigenvalue weighted by Crippen LogP contribution is 2.37. The van der Waals surface area contributed by atoms with Crippen molar-refractivity contribution >= 4 is 29.1 Å². The zero-order valence-electron chi connectivity index (χ0n) is 13.5. The molecule has 0 saturated carbocycles. The highest BCUT2D eigenvalue weighted by molar-refractivity contribution is 6.35. The van der Waals surface area contributed by atoms with Crippen LogP contribution in [0.4, 0.5) is 4.39 Å². The lowest BCUT2D eigenvalue weighted by molar-refractivity contribution is 0.0605. The quantitative estimate of drug-likeness (QED) is 0.778. The van der Waals surface area contributed by atoms with E-state index in [0.29, 0.717) is 22.3 Å². The van der Waals surface area contributed by atoms with Crippen LogP contribution in [0.2, 0.25) is 10.0 Å². The highest BCUT2D eigenvalue weighted by atomic mass is 35.5. The first-order valence-electron chi connectivity index (χ1n) is 7.85. The number of hydrogen-bond donors (Lipinski definition) is 0. The van der Waals surface area contributed by atoms with Crippen molar-refractivity contribution in [1.82, 2.24) is 14.7 Å². The standard InChI is InChI=1S/C17H18Cl2FN3O/c1-10-15(16(20)22(2)21-10)17(24)23-8-4-3-5-14(23)12-7-6-11(18)9-13(12)19/h6-7,9,14H,3-5,8H2,1-2H3. The number of likely N-dealkylation sites (tertiary alicyclic amines) is 1. The third-order valence-electron chi connectivity index (χ3n) is 4.45.